The van der Waals surface area contributed by atoms with Gasteiger partial charge in [0.2, 0.25) is 0 Å². The lowest BCUT2D eigenvalue weighted by molar-refractivity contribution is 0.469. The molecular formula is C16H17F3N2. The Kier molecular flexibility index (Phi) is 4.96. The van der Waals surface area contributed by atoms with Crippen molar-refractivity contribution in [3.63, 3.8) is 0 Å². The molecule has 1 N–H and O–H groups in total. The maximum atomic E-state index is 14.2. The Morgan fingerprint density at radius 2 is 1.86 bits per heavy atom. The summed E-state index contributed by atoms with van der Waals surface area (Å²) in [5.74, 6) is -2.39. The SMILES string of the molecule is CCCNC(c1ccncc1F)c1ccc(C)c(F)c1F. The van der Waals surface area contributed by atoms with Gasteiger partial charge in [0.05, 0.1) is 12.2 Å². The van der Waals surface area contributed by atoms with Crippen molar-refractivity contribution in [1.29, 1.82) is 0 Å². The fraction of sp³-hybridized carbons (Fsp3) is 0.312. The lowest BCUT2D eigenvalue weighted by Crippen LogP contribution is -2.25. The molecule has 5 heteroatoms. The Morgan fingerprint density at radius 1 is 1.10 bits per heavy atom. The van der Waals surface area contributed by atoms with Gasteiger partial charge in [-0.1, -0.05) is 19.1 Å². The van der Waals surface area contributed by atoms with E-state index >= 15 is 0 Å². The topological polar surface area (TPSA) is 24.9 Å². The third-order valence-electron chi connectivity index (χ3n) is 3.33. The molecule has 1 aromatic carbocycles. The summed E-state index contributed by atoms with van der Waals surface area (Å²) in [6, 6.07) is 3.71. The van der Waals surface area contributed by atoms with E-state index in [1.165, 1.54) is 31.3 Å². The van der Waals surface area contributed by atoms with Crippen LogP contribution >= 0.6 is 0 Å². The summed E-state index contributed by atoms with van der Waals surface area (Å²) in [6.07, 6.45) is 3.29. The van der Waals surface area contributed by atoms with Gasteiger partial charge in [0.15, 0.2) is 11.6 Å². The lowest BCUT2D eigenvalue weighted by Gasteiger charge is -2.21. The third-order valence-corrected chi connectivity index (χ3v) is 3.33. The van der Waals surface area contributed by atoms with Crippen LogP contribution in [0.1, 0.15) is 36.1 Å². The van der Waals surface area contributed by atoms with Crippen molar-refractivity contribution in [2.45, 2.75) is 26.3 Å². The summed E-state index contributed by atoms with van der Waals surface area (Å²) in [6.45, 7) is 3.99. The van der Waals surface area contributed by atoms with Crippen LogP contribution in [0.5, 0.6) is 0 Å². The quantitative estimate of drug-likeness (QED) is 0.904. The highest BCUT2D eigenvalue weighted by Gasteiger charge is 2.23. The highest BCUT2D eigenvalue weighted by Crippen LogP contribution is 2.28. The Bertz CT molecular complexity index is 629. The fourth-order valence-electron chi connectivity index (χ4n) is 2.18. The number of rotatable bonds is 5. The first-order valence-electron chi connectivity index (χ1n) is 6.83. The van der Waals surface area contributed by atoms with E-state index in [-0.39, 0.29) is 16.7 Å². The summed E-state index contributed by atoms with van der Waals surface area (Å²) >= 11 is 0. The van der Waals surface area contributed by atoms with Gasteiger partial charge in [0.25, 0.3) is 0 Å². The second kappa shape index (κ2) is 6.72. The van der Waals surface area contributed by atoms with Crippen LogP contribution < -0.4 is 5.32 Å². The highest BCUT2D eigenvalue weighted by atomic mass is 19.2. The molecule has 2 nitrogen and oxygen atoms in total. The molecule has 1 atom stereocenters. The van der Waals surface area contributed by atoms with E-state index in [9.17, 15) is 13.2 Å². The largest absolute Gasteiger partial charge is 0.306 e. The van der Waals surface area contributed by atoms with Gasteiger partial charge in [-0.3, -0.25) is 4.98 Å². The van der Waals surface area contributed by atoms with E-state index in [2.05, 4.69) is 10.3 Å². The summed E-state index contributed by atoms with van der Waals surface area (Å²) in [5, 5.41) is 3.06. The third kappa shape index (κ3) is 3.24. The summed E-state index contributed by atoms with van der Waals surface area (Å²) in [4.78, 5) is 3.68. The number of hydrogen-bond acceptors (Lipinski definition) is 2. The number of halogens is 3. The molecule has 0 radical (unpaired) electrons. The Balaban J connectivity index is 2.51. The Labute approximate surface area is 122 Å². The molecule has 1 heterocycles. The van der Waals surface area contributed by atoms with E-state index in [4.69, 9.17) is 0 Å². The van der Waals surface area contributed by atoms with Crippen LogP contribution in [0.2, 0.25) is 0 Å². The van der Waals surface area contributed by atoms with E-state index in [0.717, 1.165) is 12.6 Å². The molecule has 0 bridgehead atoms. The van der Waals surface area contributed by atoms with Gasteiger partial charge in [-0.15, -0.1) is 0 Å². The second-order valence-electron chi connectivity index (χ2n) is 4.88. The van der Waals surface area contributed by atoms with E-state index in [1.54, 1.807) is 0 Å². The first-order chi connectivity index (χ1) is 10.1. The molecule has 0 saturated carbocycles. The van der Waals surface area contributed by atoms with Crippen LogP contribution in [-0.4, -0.2) is 11.5 Å². The molecule has 0 saturated heterocycles. The van der Waals surface area contributed by atoms with Crippen LogP contribution in [0.3, 0.4) is 0 Å². The van der Waals surface area contributed by atoms with Crippen molar-refractivity contribution in [3.8, 4) is 0 Å². The van der Waals surface area contributed by atoms with E-state index in [1.807, 2.05) is 6.92 Å². The zero-order valence-electron chi connectivity index (χ0n) is 12.0. The van der Waals surface area contributed by atoms with E-state index < -0.39 is 23.5 Å². The average Bonchev–Trinajstić information content (AvgIpc) is 2.48. The molecule has 21 heavy (non-hydrogen) atoms. The van der Waals surface area contributed by atoms with Crippen molar-refractivity contribution in [1.82, 2.24) is 10.3 Å². The number of benzene rings is 1. The predicted molar refractivity (Wildman–Crippen MR) is 75.4 cm³/mol. The average molecular weight is 294 g/mol. The molecule has 112 valence electrons. The van der Waals surface area contributed by atoms with Crippen LogP contribution in [0.4, 0.5) is 13.2 Å². The molecule has 0 amide bonds. The number of aryl methyl sites for hydroxylation is 1. The molecule has 1 aromatic heterocycles. The van der Waals surface area contributed by atoms with E-state index in [0.29, 0.717) is 6.54 Å². The Morgan fingerprint density at radius 3 is 2.52 bits per heavy atom. The van der Waals surface area contributed by atoms with Crippen molar-refractivity contribution < 1.29 is 13.2 Å². The normalized spacial score (nSPS) is 12.4. The smallest absolute Gasteiger partial charge is 0.164 e. The molecular weight excluding hydrogens is 277 g/mol. The number of nitrogens with zero attached hydrogens (tertiary/aromatic N) is 1. The van der Waals surface area contributed by atoms with Crippen molar-refractivity contribution in [2.24, 2.45) is 0 Å². The standard InChI is InChI=1S/C16H17F3N2/c1-3-7-21-16(11-6-8-20-9-13(11)17)12-5-4-10(2)14(18)15(12)19/h4-6,8-9,16,21H,3,7H2,1-2H3. The molecule has 2 aromatic rings. The minimum Gasteiger partial charge on any atom is -0.306 e. The number of pyridine rings is 1. The maximum absolute atomic E-state index is 14.2. The van der Waals surface area contributed by atoms with Crippen LogP contribution in [0.15, 0.2) is 30.6 Å². The number of aromatic nitrogens is 1. The summed E-state index contributed by atoms with van der Waals surface area (Å²) in [7, 11) is 0. The first kappa shape index (κ1) is 15.5. The minimum absolute atomic E-state index is 0.0941. The van der Waals surface area contributed by atoms with Crippen molar-refractivity contribution in [3.05, 3.63) is 64.7 Å². The monoisotopic (exact) mass is 294 g/mol. The van der Waals surface area contributed by atoms with Crippen molar-refractivity contribution >= 4 is 0 Å². The van der Waals surface area contributed by atoms with Gasteiger partial charge >= 0.3 is 0 Å². The number of nitrogens with one attached hydrogen (secondary N) is 1. The minimum atomic E-state index is -0.945. The molecule has 0 spiro atoms. The van der Waals surface area contributed by atoms with Gasteiger partial charge in [-0.05, 0) is 31.5 Å². The zero-order valence-corrected chi connectivity index (χ0v) is 12.0. The van der Waals surface area contributed by atoms with Gasteiger partial charge < -0.3 is 5.32 Å². The highest BCUT2D eigenvalue weighted by molar-refractivity contribution is 5.35. The molecule has 0 aliphatic heterocycles. The van der Waals surface area contributed by atoms with Gasteiger partial charge in [0, 0.05) is 17.3 Å². The molecule has 2 rings (SSSR count). The fourth-order valence-corrected chi connectivity index (χ4v) is 2.18. The van der Waals surface area contributed by atoms with Crippen LogP contribution in [0.25, 0.3) is 0 Å². The Hall–Kier alpha value is -1.88. The maximum Gasteiger partial charge on any atom is 0.164 e. The summed E-state index contributed by atoms with van der Waals surface area (Å²) < 4.78 is 41.9. The molecule has 0 fully saturated rings. The second-order valence-corrected chi connectivity index (χ2v) is 4.88. The van der Waals surface area contributed by atoms with Crippen LogP contribution in [0, 0.1) is 24.4 Å². The zero-order chi connectivity index (χ0) is 15.4. The molecule has 0 aliphatic rings. The molecule has 1 unspecified atom stereocenters. The first-order valence-corrected chi connectivity index (χ1v) is 6.83. The van der Waals surface area contributed by atoms with Crippen LogP contribution in [-0.2, 0) is 0 Å². The predicted octanol–water partition coefficient (Wildman–Crippen LogP) is 3.90. The number of hydrogen-bond donors (Lipinski definition) is 1. The lowest BCUT2D eigenvalue weighted by atomic mass is 9.97. The summed E-state index contributed by atoms with van der Waals surface area (Å²) in [5.41, 5.74) is 0.568. The van der Waals surface area contributed by atoms with Gasteiger partial charge in [-0.2, -0.15) is 0 Å². The van der Waals surface area contributed by atoms with Crippen molar-refractivity contribution in [2.75, 3.05) is 6.54 Å². The van der Waals surface area contributed by atoms with Gasteiger partial charge in [-0.25, -0.2) is 13.2 Å². The molecule has 0 aliphatic carbocycles. The van der Waals surface area contributed by atoms with Gasteiger partial charge in [0.1, 0.15) is 5.82 Å².